The number of aromatic amines is 1. The molecule has 4 heterocycles. The monoisotopic (exact) mass is 863 g/mol. The van der Waals surface area contributed by atoms with Crippen molar-refractivity contribution in [1.29, 1.82) is 0 Å². The van der Waals surface area contributed by atoms with Crippen molar-refractivity contribution in [3.05, 3.63) is 70.2 Å². The van der Waals surface area contributed by atoms with E-state index in [9.17, 15) is 19.2 Å². The molecule has 322 valence electrons. The Hall–Kier alpha value is -4.92. The second-order valence-electron chi connectivity index (χ2n) is 16.5. The number of hydrogen-bond donors (Lipinski definition) is 3. The van der Waals surface area contributed by atoms with Crippen LogP contribution in [0.3, 0.4) is 0 Å². The summed E-state index contributed by atoms with van der Waals surface area (Å²) in [5, 5.41) is 6.18. The Balaban J connectivity index is 1.14. The molecular weight excluding hydrogens is 809 g/mol. The molecule has 0 bridgehead atoms. The fourth-order valence-corrected chi connectivity index (χ4v) is 9.04. The Bertz CT molecular complexity index is 2120. The summed E-state index contributed by atoms with van der Waals surface area (Å²) in [6, 6.07) is 13.9. The third-order valence-corrected chi connectivity index (χ3v) is 12.3. The first-order chi connectivity index (χ1) is 28.6. The maximum absolute atomic E-state index is 13.9. The van der Waals surface area contributed by atoms with E-state index in [0.29, 0.717) is 54.2 Å². The summed E-state index contributed by atoms with van der Waals surface area (Å²) in [5.74, 6) is 0.00583. The summed E-state index contributed by atoms with van der Waals surface area (Å²) < 4.78 is 15.1. The number of likely N-dealkylation sites (tertiary alicyclic amines) is 2. The second kappa shape index (κ2) is 19.2. The Morgan fingerprint density at radius 1 is 0.800 bits per heavy atom. The van der Waals surface area contributed by atoms with E-state index in [-0.39, 0.29) is 47.7 Å². The molecule has 3 N–H and O–H groups in total. The highest BCUT2D eigenvalue weighted by atomic mass is 35.5. The summed E-state index contributed by atoms with van der Waals surface area (Å²) in [6.45, 7) is 10.5. The number of hydrogen-bond acceptors (Lipinski definition) is 9. The van der Waals surface area contributed by atoms with E-state index in [1.807, 2.05) is 83.1 Å². The maximum Gasteiger partial charge on any atom is 0.407 e. The molecule has 60 heavy (non-hydrogen) atoms. The number of halogens is 2. The van der Waals surface area contributed by atoms with Crippen LogP contribution < -0.4 is 10.6 Å². The summed E-state index contributed by atoms with van der Waals surface area (Å²) >= 11 is 13.6. The number of nitrogens with one attached hydrogen (secondary N) is 3. The number of imidazole rings is 1. The molecule has 6 rings (SSSR count). The number of nitrogens with zero attached hydrogens (tertiary/aromatic N) is 4. The van der Waals surface area contributed by atoms with Gasteiger partial charge >= 0.3 is 12.2 Å². The smallest absolute Gasteiger partial charge is 0.407 e. The minimum absolute atomic E-state index is 0.0558. The van der Waals surface area contributed by atoms with E-state index < -0.39 is 24.3 Å². The van der Waals surface area contributed by atoms with E-state index in [1.54, 1.807) is 16.9 Å². The number of H-pyrrole nitrogens is 1. The van der Waals surface area contributed by atoms with Crippen LogP contribution in [0.1, 0.15) is 77.7 Å². The van der Waals surface area contributed by atoms with Gasteiger partial charge in [0.15, 0.2) is 0 Å². The molecule has 2 saturated heterocycles. The quantitative estimate of drug-likeness (QED) is 0.146. The first-order valence-corrected chi connectivity index (χ1v) is 21.1. The van der Waals surface area contributed by atoms with Crippen LogP contribution in [0, 0.1) is 17.8 Å². The molecule has 14 nitrogen and oxygen atoms in total. The molecule has 3 aromatic rings. The van der Waals surface area contributed by atoms with Gasteiger partial charge in [-0.3, -0.25) is 9.59 Å². The lowest BCUT2D eigenvalue weighted by molar-refractivity contribution is -0.137. The maximum atomic E-state index is 13.9. The first kappa shape index (κ1) is 44.6. The van der Waals surface area contributed by atoms with Gasteiger partial charge in [-0.15, -0.1) is 0 Å². The number of allylic oxidation sites excluding steroid dienone is 1. The lowest BCUT2D eigenvalue weighted by atomic mass is 9.95. The number of aromatic nitrogens is 2. The van der Waals surface area contributed by atoms with Crippen LogP contribution in [0.4, 0.5) is 9.59 Å². The van der Waals surface area contributed by atoms with Gasteiger partial charge in [0.25, 0.3) is 0 Å². The Labute approximate surface area is 361 Å². The highest BCUT2D eigenvalue weighted by molar-refractivity contribution is 6.35. The standard InChI is InChI=1S/C44H55Cl2N7O7/c1-23(2)35(49-43(56)59-7)41(54)52-21-26(22-58-6)19-34(52)32-20-31(38(45)47-32)29-14-10-27(11-15-29)28-12-16-30(17-13-28)37-39(46)51-40(48-37)33-18-9-25(5)53(33)42(55)36(24(3)4)50-44(57)60-8/h10-17,23-26,33-36H,9,18-22H2,1-8H3,(H,48,51)(H,49,56)(H,50,57)/t25-,26-,33-,34-,35-,36?/m0/s1. The zero-order valence-electron chi connectivity index (χ0n) is 35.4. The van der Waals surface area contributed by atoms with Crippen molar-refractivity contribution in [2.75, 3.05) is 34.5 Å². The molecule has 16 heteroatoms. The van der Waals surface area contributed by atoms with Crippen molar-refractivity contribution >= 4 is 58.5 Å². The number of methoxy groups -OCH3 is 3. The van der Waals surface area contributed by atoms with Crippen LogP contribution in [0.25, 0.3) is 28.0 Å². The average molecular weight is 865 g/mol. The van der Waals surface area contributed by atoms with Crippen molar-refractivity contribution in [2.24, 2.45) is 22.7 Å². The number of amides is 4. The molecule has 2 fully saturated rings. The first-order valence-electron chi connectivity index (χ1n) is 20.4. The molecule has 0 aliphatic carbocycles. The van der Waals surface area contributed by atoms with Crippen LogP contribution in [-0.4, -0.2) is 108 Å². The van der Waals surface area contributed by atoms with Crippen molar-refractivity contribution in [2.45, 2.75) is 90.5 Å². The van der Waals surface area contributed by atoms with E-state index in [1.165, 1.54) is 14.2 Å². The Kier molecular flexibility index (Phi) is 14.3. The highest BCUT2D eigenvalue weighted by Crippen LogP contribution is 2.40. The fraction of sp³-hybridized carbons (Fsp3) is 0.500. The average Bonchev–Trinajstić information content (AvgIpc) is 4.03. The minimum Gasteiger partial charge on any atom is -0.453 e. The molecule has 3 aliphatic heterocycles. The van der Waals surface area contributed by atoms with Gasteiger partial charge in [-0.2, -0.15) is 0 Å². The number of ether oxygens (including phenoxy) is 3. The third-order valence-electron chi connectivity index (χ3n) is 11.7. The second-order valence-corrected chi connectivity index (χ2v) is 17.2. The molecule has 0 saturated carbocycles. The molecular formula is C44H55Cl2N7O7. The zero-order valence-corrected chi connectivity index (χ0v) is 36.9. The lowest BCUT2D eigenvalue weighted by Gasteiger charge is -2.32. The molecule has 6 atom stereocenters. The Morgan fingerprint density at radius 2 is 1.35 bits per heavy atom. The van der Waals surface area contributed by atoms with Gasteiger partial charge in [-0.25, -0.2) is 19.6 Å². The van der Waals surface area contributed by atoms with Gasteiger partial charge in [-0.1, -0.05) is 99.4 Å². The van der Waals surface area contributed by atoms with Crippen molar-refractivity contribution in [3.8, 4) is 22.4 Å². The fourth-order valence-electron chi connectivity index (χ4n) is 8.50. The van der Waals surface area contributed by atoms with Gasteiger partial charge in [0, 0.05) is 48.9 Å². The summed E-state index contributed by atoms with van der Waals surface area (Å²) in [4.78, 5) is 68.5. The summed E-state index contributed by atoms with van der Waals surface area (Å²) in [5.41, 5.74) is 6.01. The van der Waals surface area contributed by atoms with Gasteiger partial charge in [-0.05, 0) is 54.7 Å². The minimum atomic E-state index is -0.757. The largest absolute Gasteiger partial charge is 0.453 e. The van der Waals surface area contributed by atoms with Crippen LogP contribution in [0.5, 0.6) is 0 Å². The predicted octanol–water partition coefficient (Wildman–Crippen LogP) is 7.83. The molecule has 1 unspecified atom stereocenters. The molecule has 1 aromatic heterocycles. The van der Waals surface area contributed by atoms with Gasteiger partial charge in [0.05, 0.1) is 32.9 Å². The summed E-state index contributed by atoms with van der Waals surface area (Å²) in [7, 11) is 4.20. The van der Waals surface area contributed by atoms with E-state index in [2.05, 4.69) is 15.6 Å². The zero-order chi connectivity index (χ0) is 43.4. The van der Waals surface area contributed by atoms with Gasteiger partial charge in [0.1, 0.15) is 33.9 Å². The molecule has 0 spiro atoms. The van der Waals surface area contributed by atoms with Crippen LogP contribution in [0.15, 0.2) is 58.7 Å². The van der Waals surface area contributed by atoms with E-state index >= 15 is 0 Å². The van der Waals surface area contributed by atoms with Crippen LogP contribution in [0.2, 0.25) is 5.15 Å². The number of rotatable bonds is 13. The molecule has 0 radical (unpaired) electrons. The summed E-state index contributed by atoms with van der Waals surface area (Å²) in [6.07, 6.45) is 1.33. The van der Waals surface area contributed by atoms with Crippen LogP contribution in [-0.2, 0) is 23.8 Å². The molecule has 2 aromatic carbocycles. The number of aliphatic imine (C=N–C) groups is 1. The van der Waals surface area contributed by atoms with Crippen molar-refractivity contribution < 1.29 is 33.4 Å². The predicted molar refractivity (Wildman–Crippen MR) is 231 cm³/mol. The SMILES string of the molecule is COC[C@H]1C[C@@H](C2=NC(Cl)=C(c3ccc(-c4ccc(-c5nc([C@@H]6CC[C@H](C)N6C(=O)C(NC(=O)OC)C(C)C)[nH]c5Cl)cc4)cc3)C2)N(C(=O)[C@@H](NC(=O)OC)C(C)C)C1. The lowest BCUT2D eigenvalue weighted by Crippen LogP contribution is -2.53. The normalized spacial score (nSPS) is 21.4. The molecule has 3 aliphatic rings. The van der Waals surface area contributed by atoms with Crippen LogP contribution >= 0.6 is 23.2 Å². The number of alkyl carbamates (subject to hydrolysis) is 2. The number of carbonyl (C=O) groups is 4. The Morgan fingerprint density at radius 3 is 1.90 bits per heavy atom. The topological polar surface area (TPSA) is 168 Å². The number of benzene rings is 2. The number of carbonyl (C=O) groups excluding carboxylic acids is 4. The van der Waals surface area contributed by atoms with E-state index in [4.69, 9.17) is 47.4 Å². The van der Waals surface area contributed by atoms with Gasteiger partial charge in [0.2, 0.25) is 11.8 Å². The van der Waals surface area contributed by atoms with Gasteiger partial charge < -0.3 is 39.6 Å². The molecule has 4 amide bonds. The van der Waals surface area contributed by atoms with E-state index in [0.717, 1.165) is 40.0 Å². The van der Waals surface area contributed by atoms with Crippen molar-refractivity contribution in [3.63, 3.8) is 0 Å². The highest BCUT2D eigenvalue weighted by Gasteiger charge is 2.44. The third kappa shape index (κ3) is 9.50. The van der Waals surface area contributed by atoms with Crippen molar-refractivity contribution in [1.82, 2.24) is 30.4 Å².